The van der Waals surface area contributed by atoms with Crippen molar-refractivity contribution in [2.75, 3.05) is 7.11 Å². The van der Waals surface area contributed by atoms with Crippen LogP contribution in [-0.2, 0) is 6.42 Å². The fourth-order valence-electron chi connectivity index (χ4n) is 2.27. The number of hydrogen-bond acceptors (Lipinski definition) is 2. The fourth-order valence-corrected chi connectivity index (χ4v) is 2.27. The van der Waals surface area contributed by atoms with Gasteiger partial charge >= 0.3 is 0 Å². The Kier molecular flexibility index (Phi) is 4.40. The largest absolute Gasteiger partial charge is 0.494 e. The summed E-state index contributed by atoms with van der Waals surface area (Å²) in [5, 5.41) is 0. The minimum Gasteiger partial charge on any atom is -0.494 e. The van der Waals surface area contributed by atoms with E-state index in [-0.39, 0.29) is 17.6 Å². The SMILES string of the molecule is COc1cccc(C(N)Cc2ccc(C)c(C)c2)c1F. The summed E-state index contributed by atoms with van der Waals surface area (Å²) < 4.78 is 19.2. The summed E-state index contributed by atoms with van der Waals surface area (Å²) in [6.07, 6.45) is 0.602. The van der Waals surface area contributed by atoms with Crippen LogP contribution < -0.4 is 10.5 Å². The van der Waals surface area contributed by atoms with Crippen LogP contribution in [0.25, 0.3) is 0 Å². The lowest BCUT2D eigenvalue weighted by molar-refractivity contribution is 0.382. The fraction of sp³-hybridized carbons (Fsp3) is 0.294. The Morgan fingerprint density at radius 1 is 1.15 bits per heavy atom. The Morgan fingerprint density at radius 2 is 1.90 bits per heavy atom. The van der Waals surface area contributed by atoms with E-state index in [2.05, 4.69) is 26.0 Å². The predicted octanol–water partition coefficient (Wildman–Crippen LogP) is 3.69. The molecular weight excluding hydrogens is 253 g/mol. The molecule has 0 radical (unpaired) electrons. The van der Waals surface area contributed by atoms with E-state index in [0.29, 0.717) is 12.0 Å². The summed E-state index contributed by atoms with van der Waals surface area (Å²) in [7, 11) is 1.46. The summed E-state index contributed by atoms with van der Waals surface area (Å²) in [5.41, 5.74) is 10.2. The molecule has 20 heavy (non-hydrogen) atoms. The molecule has 0 heterocycles. The second-order valence-corrected chi connectivity index (χ2v) is 5.09. The Morgan fingerprint density at radius 3 is 2.55 bits per heavy atom. The van der Waals surface area contributed by atoms with Crippen LogP contribution in [0.1, 0.15) is 28.3 Å². The van der Waals surface area contributed by atoms with Gasteiger partial charge in [0.15, 0.2) is 11.6 Å². The normalized spacial score (nSPS) is 12.2. The quantitative estimate of drug-likeness (QED) is 0.922. The third kappa shape index (κ3) is 2.99. The highest BCUT2D eigenvalue weighted by Crippen LogP contribution is 2.26. The molecule has 0 aromatic heterocycles. The first-order valence-corrected chi connectivity index (χ1v) is 6.67. The average molecular weight is 273 g/mol. The van der Waals surface area contributed by atoms with E-state index in [9.17, 15) is 4.39 Å². The Labute approximate surface area is 119 Å². The van der Waals surface area contributed by atoms with Gasteiger partial charge in [-0.2, -0.15) is 0 Å². The van der Waals surface area contributed by atoms with Crippen LogP contribution in [0.5, 0.6) is 5.75 Å². The molecule has 0 bridgehead atoms. The van der Waals surface area contributed by atoms with Gasteiger partial charge < -0.3 is 10.5 Å². The molecule has 106 valence electrons. The smallest absolute Gasteiger partial charge is 0.169 e. The monoisotopic (exact) mass is 273 g/mol. The first-order valence-electron chi connectivity index (χ1n) is 6.67. The van der Waals surface area contributed by atoms with Gasteiger partial charge in [-0.25, -0.2) is 4.39 Å². The van der Waals surface area contributed by atoms with E-state index in [1.807, 2.05) is 6.07 Å². The highest BCUT2D eigenvalue weighted by molar-refractivity contribution is 5.35. The van der Waals surface area contributed by atoms with E-state index in [4.69, 9.17) is 10.5 Å². The van der Waals surface area contributed by atoms with Gasteiger partial charge in [0.1, 0.15) is 0 Å². The lowest BCUT2D eigenvalue weighted by Gasteiger charge is -2.15. The molecule has 1 unspecified atom stereocenters. The highest BCUT2D eigenvalue weighted by atomic mass is 19.1. The standard InChI is InChI=1S/C17H20FNO/c1-11-7-8-13(9-12(11)2)10-15(19)14-5-4-6-16(20-3)17(14)18/h4-9,15H,10,19H2,1-3H3. The summed E-state index contributed by atoms with van der Waals surface area (Å²) >= 11 is 0. The van der Waals surface area contributed by atoms with E-state index in [0.717, 1.165) is 5.56 Å². The topological polar surface area (TPSA) is 35.2 Å². The molecule has 2 nitrogen and oxygen atoms in total. The van der Waals surface area contributed by atoms with Gasteiger partial charge in [-0.05, 0) is 43.0 Å². The molecule has 0 aliphatic carbocycles. The summed E-state index contributed by atoms with van der Waals surface area (Å²) in [5.74, 6) is -0.135. The van der Waals surface area contributed by atoms with Crippen molar-refractivity contribution in [3.63, 3.8) is 0 Å². The molecule has 0 spiro atoms. The number of halogens is 1. The number of methoxy groups -OCH3 is 1. The molecule has 0 aliphatic heterocycles. The van der Waals surface area contributed by atoms with Crippen molar-refractivity contribution in [3.8, 4) is 5.75 Å². The Balaban J connectivity index is 2.23. The van der Waals surface area contributed by atoms with Gasteiger partial charge in [0.2, 0.25) is 0 Å². The third-order valence-electron chi connectivity index (χ3n) is 3.64. The van der Waals surface area contributed by atoms with Crippen molar-refractivity contribution in [3.05, 3.63) is 64.5 Å². The van der Waals surface area contributed by atoms with Crippen LogP contribution in [-0.4, -0.2) is 7.11 Å². The number of benzene rings is 2. The maximum absolute atomic E-state index is 14.2. The Bertz CT molecular complexity index is 610. The van der Waals surface area contributed by atoms with Crippen molar-refractivity contribution >= 4 is 0 Å². The molecule has 0 saturated heterocycles. The molecular formula is C17H20FNO. The van der Waals surface area contributed by atoms with Crippen molar-refractivity contribution in [1.29, 1.82) is 0 Å². The Hall–Kier alpha value is -1.87. The van der Waals surface area contributed by atoms with Gasteiger partial charge in [-0.3, -0.25) is 0 Å². The number of rotatable bonds is 4. The second kappa shape index (κ2) is 6.06. The van der Waals surface area contributed by atoms with E-state index in [1.165, 1.54) is 18.2 Å². The number of ether oxygens (including phenoxy) is 1. The van der Waals surface area contributed by atoms with E-state index < -0.39 is 0 Å². The van der Waals surface area contributed by atoms with Crippen LogP contribution in [0.15, 0.2) is 36.4 Å². The molecule has 2 N–H and O–H groups in total. The molecule has 2 rings (SSSR count). The van der Waals surface area contributed by atoms with Gasteiger partial charge in [-0.15, -0.1) is 0 Å². The molecule has 2 aromatic rings. The van der Waals surface area contributed by atoms with E-state index in [1.54, 1.807) is 18.2 Å². The number of nitrogens with two attached hydrogens (primary N) is 1. The van der Waals surface area contributed by atoms with Gasteiger partial charge in [0, 0.05) is 11.6 Å². The second-order valence-electron chi connectivity index (χ2n) is 5.09. The van der Waals surface area contributed by atoms with Crippen LogP contribution in [0.3, 0.4) is 0 Å². The first kappa shape index (κ1) is 14.5. The van der Waals surface area contributed by atoms with Gasteiger partial charge in [-0.1, -0.05) is 30.3 Å². The van der Waals surface area contributed by atoms with Crippen molar-refractivity contribution in [2.45, 2.75) is 26.3 Å². The van der Waals surface area contributed by atoms with Gasteiger partial charge in [0.25, 0.3) is 0 Å². The molecule has 0 aliphatic rings. The van der Waals surface area contributed by atoms with Crippen LogP contribution >= 0.6 is 0 Å². The van der Waals surface area contributed by atoms with Crippen molar-refractivity contribution in [1.82, 2.24) is 0 Å². The van der Waals surface area contributed by atoms with Gasteiger partial charge in [0.05, 0.1) is 7.11 Å². The first-order chi connectivity index (χ1) is 9.52. The van der Waals surface area contributed by atoms with Crippen molar-refractivity contribution < 1.29 is 9.13 Å². The predicted molar refractivity (Wildman–Crippen MR) is 79.5 cm³/mol. The maximum atomic E-state index is 14.2. The molecule has 1 atom stereocenters. The zero-order valence-electron chi connectivity index (χ0n) is 12.1. The number of hydrogen-bond donors (Lipinski definition) is 1. The van der Waals surface area contributed by atoms with Crippen LogP contribution in [0, 0.1) is 19.7 Å². The zero-order valence-corrected chi connectivity index (χ0v) is 12.1. The number of aryl methyl sites for hydroxylation is 2. The average Bonchev–Trinajstić information content (AvgIpc) is 2.43. The summed E-state index contributed by atoms with van der Waals surface area (Å²) in [4.78, 5) is 0. The lowest BCUT2D eigenvalue weighted by atomic mass is 9.96. The van der Waals surface area contributed by atoms with Crippen LogP contribution in [0.2, 0.25) is 0 Å². The third-order valence-corrected chi connectivity index (χ3v) is 3.64. The summed E-state index contributed by atoms with van der Waals surface area (Å²) in [6, 6.07) is 10.9. The minimum atomic E-state index is -0.382. The van der Waals surface area contributed by atoms with E-state index >= 15 is 0 Å². The molecule has 0 amide bonds. The molecule has 3 heteroatoms. The zero-order chi connectivity index (χ0) is 14.7. The summed E-state index contributed by atoms with van der Waals surface area (Å²) in [6.45, 7) is 4.14. The highest BCUT2D eigenvalue weighted by Gasteiger charge is 2.15. The molecule has 0 fully saturated rings. The van der Waals surface area contributed by atoms with Crippen molar-refractivity contribution in [2.24, 2.45) is 5.73 Å². The molecule has 0 saturated carbocycles. The molecule has 2 aromatic carbocycles. The lowest BCUT2D eigenvalue weighted by Crippen LogP contribution is -2.15. The van der Waals surface area contributed by atoms with Crippen LogP contribution in [0.4, 0.5) is 4.39 Å². The minimum absolute atomic E-state index is 0.234. The maximum Gasteiger partial charge on any atom is 0.169 e.